The summed E-state index contributed by atoms with van der Waals surface area (Å²) >= 11 is 0. The predicted molar refractivity (Wildman–Crippen MR) is 153 cm³/mol. The molecule has 1 saturated heterocycles. The minimum Gasteiger partial charge on any atom is -0.511 e. The lowest BCUT2D eigenvalue weighted by atomic mass is 9.51. The molecule has 0 amide bonds. The van der Waals surface area contributed by atoms with Gasteiger partial charge in [-0.1, -0.05) is 68.4 Å². The van der Waals surface area contributed by atoms with Crippen molar-refractivity contribution in [3.63, 3.8) is 0 Å². The number of esters is 1. The van der Waals surface area contributed by atoms with E-state index >= 15 is 0 Å². The van der Waals surface area contributed by atoms with Gasteiger partial charge in [0.25, 0.3) is 0 Å². The average Bonchev–Trinajstić information content (AvgIpc) is 3.15. The van der Waals surface area contributed by atoms with Crippen molar-refractivity contribution in [3.05, 3.63) is 58.9 Å². The standard InChI is InChI=1S/C34H46O5/c1-7-23-19-34-30(37)27(31(38)39-34)29(36)33(8-2)24(14-15-25-26(33)16-13-21(4)28(25)35)12-10-9-11-20(3)17-32(34,6)18-22(23)5/h9-10,14-15,17-18,21,23-26,28,35-36H,7-8,11-13,16,19H2,1-6H3/b10-9+,20-17+,29-27?. The van der Waals surface area contributed by atoms with Crippen LogP contribution in [-0.4, -0.2) is 33.7 Å². The summed E-state index contributed by atoms with van der Waals surface area (Å²) in [6.45, 7) is 12.4. The summed E-state index contributed by atoms with van der Waals surface area (Å²) in [5.41, 5.74) is -0.891. The number of aliphatic hydroxyl groups is 2. The van der Waals surface area contributed by atoms with Gasteiger partial charge in [-0.2, -0.15) is 0 Å². The average molecular weight is 535 g/mol. The van der Waals surface area contributed by atoms with Crippen molar-refractivity contribution in [3.8, 4) is 0 Å². The molecule has 5 rings (SSSR count). The zero-order chi connectivity index (χ0) is 28.3. The number of rotatable bonds is 2. The molecule has 2 N–H and O–H groups in total. The quantitative estimate of drug-likeness (QED) is 0.228. The normalized spacial score (nSPS) is 46.3. The smallest absolute Gasteiger partial charge is 0.346 e. The van der Waals surface area contributed by atoms with Gasteiger partial charge in [0.2, 0.25) is 5.78 Å². The first kappa shape index (κ1) is 28.1. The number of hydrogen-bond donors (Lipinski definition) is 2. The first-order valence-electron chi connectivity index (χ1n) is 15.1. The second-order valence-corrected chi connectivity index (χ2v) is 13.3. The summed E-state index contributed by atoms with van der Waals surface area (Å²) in [6.07, 6.45) is 17.2. The molecule has 1 saturated carbocycles. The molecule has 9 atom stereocenters. The zero-order valence-corrected chi connectivity index (χ0v) is 24.5. The molecule has 5 nitrogen and oxygen atoms in total. The monoisotopic (exact) mass is 534 g/mol. The summed E-state index contributed by atoms with van der Waals surface area (Å²) in [5, 5.41) is 23.5. The molecule has 0 radical (unpaired) electrons. The molecule has 0 aromatic heterocycles. The van der Waals surface area contributed by atoms with Crippen molar-refractivity contribution < 1.29 is 24.5 Å². The van der Waals surface area contributed by atoms with E-state index < -0.39 is 28.5 Å². The number of hydrogen-bond acceptors (Lipinski definition) is 5. The molecule has 2 bridgehead atoms. The Morgan fingerprint density at radius 3 is 2.51 bits per heavy atom. The number of aliphatic hydroxyl groups excluding tert-OH is 2. The molecule has 1 spiro atoms. The van der Waals surface area contributed by atoms with E-state index in [0.717, 1.165) is 31.3 Å². The van der Waals surface area contributed by atoms with E-state index in [0.29, 0.717) is 19.3 Å². The topological polar surface area (TPSA) is 83.8 Å². The molecule has 212 valence electrons. The molecule has 1 heterocycles. The molecule has 5 aliphatic rings. The van der Waals surface area contributed by atoms with Crippen LogP contribution in [0.3, 0.4) is 0 Å². The molecular weight excluding hydrogens is 488 g/mol. The lowest BCUT2D eigenvalue weighted by molar-refractivity contribution is -0.162. The Morgan fingerprint density at radius 2 is 1.82 bits per heavy atom. The van der Waals surface area contributed by atoms with Gasteiger partial charge in [0, 0.05) is 17.8 Å². The molecule has 4 aliphatic carbocycles. The Hall–Kier alpha value is -2.40. The summed E-state index contributed by atoms with van der Waals surface area (Å²) in [4.78, 5) is 28.5. The summed E-state index contributed by atoms with van der Waals surface area (Å²) < 4.78 is 6.24. The number of allylic oxidation sites excluding steroid dienone is 6. The summed E-state index contributed by atoms with van der Waals surface area (Å²) in [5.74, 6) is -1.23. The van der Waals surface area contributed by atoms with Crippen LogP contribution in [-0.2, 0) is 14.3 Å². The van der Waals surface area contributed by atoms with E-state index in [1.165, 1.54) is 5.57 Å². The Labute approximate surface area is 233 Å². The SMILES string of the molecule is CCC1CC23OC(=O)C(=C(O)C4(CC)C(C=CC5C(O)C(C)CCC54)C/C=C/C/C(C)=C/C2(C)C=C1C)C3=O. The Kier molecular flexibility index (Phi) is 7.15. The Bertz CT molecular complexity index is 1200. The van der Waals surface area contributed by atoms with Gasteiger partial charge in [0.1, 0.15) is 11.3 Å². The fraction of sp³-hybridized carbons (Fsp3) is 0.647. The third kappa shape index (κ3) is 3.97. The van der Waals surface area contributed by atoms with E-state index in [4.69, 9.17) is 4.74 Å². The molecular formula is C34H46O5. The highest BCUT2D eigenvalue weighted by Crippen LogP contribution is 2.60. The summed E-state index contributed by atoms with van der Waals surface area (Å²) in [7, 11) is 0. The van der Waals surface area contributed by atoms with Crippen LogP contribution in [0.5, 0.6) is 0 Å². The number of ether oxygens (including phenoxy) is 1. The van der Waals surface area contributed by atoms with Crippen molar-refractivity contribution >= 4 is 11.8 Å². The number of carbonyl (C=O) groups is 2. The number of carbonyl (C=O) groups excluding carboxylic acids is 2. The maximum Gasteiger partial charge on any atom is 0.346 e. The minimum absolute atomic E-state index is 0.0741. The molecule has 1 aliphatic heterocycles. The van der Waals surface area contributed by atoms with Gasteiger partial charge in [-0.3, -0.25) is 4.79 Å². The zero-order valence-electron chi connectivity index (χ0n) is 24.5. The molecule has 5 heteroatoms. The van der Waals surface area contributed by atoms with Crippen molar-refractivity contribution in [1.82, 2.24) is 0 Å². The van der Waals surface area contributed by atoms with Gasteiger partial charge in [0.05, 0.1) is 11.5 Å². The van der Waals surface area contributed by atoms with Crippen LogP contribution < -0.4 is 0 Å². The molecule has 9 unspecified atom stereocenters. The van der Waals surface area contributed by atoms with Crippen LogP contribution >= 0.6 is 0 Å². The first-order valence-corrected chi connectivity index (χ1v) is 15.1. The highest BCUT2D eigenvalue weighted by atomic mass is 16.6. The Morgan fingerprint density at radius 1 is 1.08 bits per heavy atom. The van der Waals surface area contributed by atoms with Gasteiger partial charge in [-0.05, 0) is 83.0 Å². The van der Waals surface area contributed by atoms with Gasteiger partial charge < -0.3 is 14.9 Å². The van der Waals surface area contributed by atoms with Crippen LogP contribution in [0.2, 0.25) is 0 Å². The summed E-state index contributed by atoms with van der Waals surface area (Å²) in [6, 6.07) is 0. The van der Waals surface area contributed by atoms with Crippen molar-refractivity contribution in [2.24, 2.45) is 40.4 Å². The largest absolute Gasteiger partial charge is 0.511 e. The highest BCUT2D eigenvalue weighted by molar-refractivity contribution is 6.26. The van der Waals surface area contributed by atoms with E-state index in [1.807, 2.05) is 13.8 Å². The van der Waals surface area contributed by atoms with Crippen molar-refractivity contribution in [2.75, 3.05) is 0 Å². The fourth-order valence-corrected chi connectivity index (χ4v) is 8.93. The maximum absolute atomic E-state index is 14.7. The lowest BCUT2D eigenvalue weighted by Gasteiger charge is -2.54. The number of Topliss-reactive ketones (excluding diaryl/α,β-unsaturated/α-hetero) is 1. The number of ketones is 1. The van der Waals surface area contributed by atoms with E-state index in [9.17, 15) is 19.8 Å². The van der Waals surface area contributed by atoms with E-state index in [2.05, 4.69) is 64.2 Å². The van der Waals surface area contributed by atoms with Gasteiger partial charge in [0.15, 0.2) is 5.60 Å². The van der Waals surface area contributed by atoms with Gasteiger partial charge >= 0.3 is 5.97 Å². The molecule has 0 aromatic rings. The third-order valence-electron chi connectivity index (χ3n) is 11.2. The molecule has 39 heavy (non-hydrogen) atoms. The third-order valence-corrected chi connectivity index (χ3v) is 11.2. The van der Waals surface area contributed by atoms with Gasteiger partial charge in [-0.25, -0.2) is 4.79 Å². The van der Waals surface area contributed by atoms with Crippen molar-refractivity contribution in [1.29, 1.82) is 0 Å². The molecule has 0 aromatic carbocycles. The molecule has 2 fully saturated rings. The highest BCUT2D eigenvalue weighted by Gasteiger charge is 2.66. The lowest BCUT2D eigenvalue weighted by Crippen LogP contribution is -2.54. The van der Waals surface area contributed by atoms with Crippen molar-refractivity contribution in [2.45, 2.75) is 98.2 Å². The van der Waals surface area contributed by atoms with Crippen LogP contribution in [0.25, 0.3) is 0 Å². The maximum atomic E-state index is 14.7. The Balaban J connectivity index is 1.77. The van der Waals surface area contributed by atoms with Crippen LogP contribution in [0, 0.1) is 40.4 Å². The minimum atomic E-state index is -1.39. The van der Waals surface area contributed by atoms with E-state index in [-0.39, 0.29) is 46.7 Å². The fourth-order valence-electron chi connectivity index (χ4n) is 8.93. The second-order valence-electron chi connectivity index (χ2n) is 13.3. The van der Waals surface area contributed by atoms with Gasteiger partial charge in [-0.15, -0.1) is 0 Å². The first-order chi connectivity index (χ1) is 18.5. The van der Waals surface area contributed by atoms with Crippen LogP contribution in [0.1, 0.15) is 86.5 Å². The second kappa shape index (κ2) is 9.90. The number of fused-ring (bicyclic) bond motifs is 4. The van der Waals surface area contributed by atoms with Crippen LogP contribution in [0.4, 0.5) is 0 Å². The van der Waals surface area contributed by atoms with E-state index in [1.54, 1.807) is 0 Å². The van der Waals surface area contributed by atoms with Crippen LogP contribution in [0.15, 0.2) is 58.9 Å². The predicted octanol–water partition coefficient (Wildman–Crippen LogP) is 6.95.